The van der Waals surface area contributed by atoms with Crippen molar-refractivity contribution in [3.8, 4) is 23.0 Å². The highest BCUT2D eigenvalue weighted by atomic mass is 16.7. The van der Waals surface area contributed by atoms with Gasteiger partial charge in [0.05, 0.1) is 22.7 Å². The predicted octanol–water partition coefficient (Wildman–Crippen LogP) is 7.08. The molecule has 0 aromatic heterocycles. The van der Waals surface area contributed by atoms with E-state index in [0.29, 0.717) is 35.8 Å². The van der Waals surface area contributed by atoms with Gasteiger partial charge in [-0.2, -0.15) is 0 Å². The predicted molar refractivity (Wildman–Crippen MR) is 151 cm³/mol. The number of rotatable bonds is 4. The molecule has 4 aliphatic rings. The van der Waals surface area contributed by atoms with Crippen molar-refractivity contribution in [2.75, 3.05) is 21.9 Å². The molecule has 0 fully saturated rings. The molecule has 4 heterocycles. The molecule has 8 heteroatoms. The molecule has 4 aliphatic heterocycles. The maximum absolute atomic E-state index is 5.91. The Morgan fingerprint density at radius 2 is 0.763 bits per heavy atom. The smallest absolute Gasteiger partial charge is 0.200 e. The van der Waals surface area contributed by atoms with Crippen LogP contribution < -0.4 is 41.3 Å². The standard InChI is InChI=1S/C30H28N4O4/c1-3-5-21-7-17-27-29(19-21)37-33-25-13-15-26(16-14-25)34-38-30-20-22(6-4-2)8-18-28(30)36-32-24-11-9-23(10-12-24)31-35-27/h3-4,7-20,31-34H,1-2,5-6H2. The Labute approximate surface area is 221 Å². The van der Waals surface area contributed by atoms with Crippen molar-refractivity contribution in [1.29, 1.82) is 0 Å². The molecule has 4 bridgehead atoms. The second kappa shape index (κ2) is 11.7. The zero-order valence-corrected chi connectivity index (χ0v) is 20.7. The first-order valence-electron chi connectivity index (χ1n) is 12.1. The Bertz CT molecular complexity index is 1300. The van der Waals surface area contributed by atoms with Gasteiger partial charge in [-0.3, -0.25) is 0 Å². The molecule has 0 saturated carbocycles. The maximum Gasteiger partial charge on any atom is 0.200 e. The van der Waals surface area contributed by atoms with Crippen LogP contribution in [0.5, 0.6) is 23.0 Å². The zero-order valence-electron chi connectivity index (χ0n) is 20.7. The molecule has 4 N–H and O–H groups in total. The number of anilines is 4. The summed E-state index contributed by atoms with van der Waals surface area (Å²) in [6.45, 7) is 7.63. The van der Waals surface area contributed by atoms with E-state index in [1.54, 1.807) is 0 Å². The summed E-state index contributed by atoms with van der Waals surface area (Å²) in [4.78, 5) is 23.6. The highest BCUT2D eigenvalue weighted by Gasteiger charge is 2.11. The monoisotopic (exact) mass is 508 g/mol. The number of hydrogen-bond acceptors (Lipinski definition) is 8. The second-order valence-corrected chi connectivity index (χ2v) is 8.52. The van der Waals surface area contributed by atoms with Crippen molar-refractivity contribution < 1.29 is 19.4 Å². The van der Waals surface area contributed by atoms with E-state index in [2.05, 4.69) is 35.1 Å². The molecule has 8 nitrogen and oxygen atoms in total. The van der Waals surface area contributed by atoms with Gasteiger partial charge in [-0.25, -0.2) is 21.9 Å². The van der Waals surface area contributed by atoms with Crippen molar-refractivity contribution in [3.63, 3.8) is 0 Å². The summed E-state index contributed by atoms with van der Waals surface area (Å²) in [5.74, 6) is 2.08. The topological polar surface area (TPSA) is 85.0 Å². The first-order chi connectivity index (χ1) is 18.7. The van der Waals surface area contributed by atoms with E-state index in [4.69, 9.17) is 19.4 Å². The molecule has 38 heavy (non-hydrogen) atoms. The van der Waals surface area contributed by atoms with Gasteiger partial charge in [0, 0.05) is 0 Å². The average Bonchev–Trinajstić information content (AvgIpc) is 2.95. The van der Waals surface area contributed by atoms with Gasteiger partial charge in [0.2, 0.25) is 0 Å². The van der Waals surface area contributed by atoms with Crippen LogP contribution in [0, 0.1) is 0 Å². The second-order valence-electron chi connectivity index (χ2n) is 8.52. The van der Waals surface area contributed by atoms with E-state index in [9.17, 15) is 0 Å². The van der Waals surface area contributed by atoms with Gasteiger partial charge in [-0.15, -0.1) is 13.2 Å². The molecule has 4 aromatic carbocycles. The summed E-state index contributed by atoms with van der Waals surface area (Å²) < 4.78 is 0. The summed E-state index contributed by atoms with van der Waals surface area (Å²) >= 11 is 0. The van der Waals surface area contributed by atoms with Gasteiger partial charge in [0.15, 0.2) is 23.0 Å². The summed E-state index contributed by atoms with van der Waals surface area (Å²) in [6.07, 6.45) is 5.09. The van der Waals surface area contributed by atoms with E-state index in [1.165, 1.54) is 0 Å². The minimum atomic E-state index is 0.518. The van der Waals surface area contributed by atoms with E-state index in [0.717, 1.165) is 33.9 Å². The number of benzene rings is 4. The number of nitrogens with one attached hydrogen (secondary N) is 4. The van der Waals surface area contributed by atoms with Gasteiger partial charge >= 0.3 is 0 Å². The van der Waals surface area contributed by atoms with Crippen LogP contribution in [0.4, 0.5) is 22.7 Å². The lowest BCUT2D eigenvalue weighted by Crippen LogP contribution is -2.12. The molecular weight excluding hydrogens is 480 g/mol. The molecule has 0 spiro atoms. The molecule has 0 saturated heterocycles. The fourth-order valence-corrected chi connectivity index (χ4v) is 3.69. The molecule has 0 unspecified atom stereocenters. The molecule has 8 rings (SSSR count). The minimum Gasteiger partial charge on any atom is -0.378 e. The van der Waals surface area contributed by atoms with Crippen LogP contribution in [-0.4, -0.2) is 0 Å². The lowest BCUT2D eigenvalue weighted by Gasteiger charge is -2.17. The Kier molecular flexibility index (Phi) is 7.51. The molecule has 0 amide bonds. The number of hydrogen-bond donors (Lipinski definition) is 4. The van der Waals surface area contributed by atoms with Gasteiger partial charge in [0.25, 0.3) is 0 Å². The highest BCUT2D eigenvalue weighted by molar-refractivity contribution is 5.56. The molecule has 0 atom stereocenters. The molecule has 0 radical (unpaired) electrons. The van der Waals surface area contributed by atoms with Crippen LogP contribution in [0.15, 0.2) is 110 Å². The maximum atomic E-state index is 5.91. The lowest BCUT2D eigenvalue weighted by molar-refractivity contribution is 0.345. The van der Waals surface area contributed by atoms with E-state index >= 15 is 0 Å². The molecular formula is C30H28N4O4. The van der Waals surface area contributed by atoms with Crippen LogP contribution in [-0.2, 0) is 12.8 Å². The van der Waals surface area contributed by atoms with E-state index in [-0.39, 0.29) is 0 Å². The lowest BCUT2D eigenvalue weighted by atomic mass is 10.1. The number of allylic oxidation sites excluding steroid dienone is 2. The van der Waals surface area contributed by atoms with Crippen LogP contribution in [0.25, 0.3) is 0 Å². The Hall–Kier alpha value is -5.24. The third-order valence-corrected chi connectivity index (χ3v) is 5.66. The quantitative estimate of drug-likeness (QED) is 0.218. The van der Waals surface area contributed by atoms with Crippen molar-refractivity contribution in [1.82, 2.24) is 0 Å². The SMILES string of the molecule is C=CCc1ccc2c(c1)ONc1ccc(cc1)NOc1cc(CC=C)ccc1ONc1ccc(cc1)NO2. The third kappa shape index (κ3) is 6.11. The molecule has 0 aliphatic carbocycles. The van der Waals surface area contributed by atoms with Gasteiger partial charge in [-0.05, 0) is 96.8 Å². The van der Waals surface area contributed by atoms with Crippen molar-refractivity contribution in [2.24, 2.45) is 0 Å². The Morgan fingerprint density at radius 1 is 0.447 bits per heavy atom. The summed E-state index contributed by atoms with van der Waals surface area (Å²) in [5.41, 5.74) is 17.0. The fraction of sp³-hybridized carbons (Fsp3) is 0.0667. The third-order valence-electron chi connectivity index (χ3n) is 5.66. The van der Waals surface area contributed by atoms with Crippen molar-refractivity contribution in [2.45, 2.75) is 12.8 Å². The van der Waals surface area contributed by atoms with Gasteiger partial charge in [0.1, 0.15) is 0 Å². The summed E-state index contributed by atoms with van der Waals surface area (Å²) in [6, 6.07) is 26.4. The van der Waals surface area contributed by atoms with Crippen LogP contribution in [0.3, 0.4) is 0 Å². The zero-order chi connectivity index (χ0) is 26.2. The average molecular weight is 509 g/mol. The van der Waals surface area contributed by atoms with Crippen molar-refractivity contribution >= 4 is 22.7 Å². The van der Waals surface area contributed by atoms with Gasteiger partial charge < -0.3 is 19.4 Å². The van der Waals surface area contributed by atoms with E-state index in [1.807, 2.05) is 97.1 Å². The van der Waals surface area contributed by atoms with E-state index < -0.39 is 0 Å². The molecule has 192 valence electrons. The van der Waals surface area contributed by atoms with Gasteiger partial charge in [-0.1, -0.05) is 24.3 Å². The van der Waals surface area contributed by atoms with Crippen LogP contribution in [0.1, 0.15) is 11.1 Å². The Balaban J connectivity index is 1.43. The first kappa shape index (κ1) is 24.5. The largest absolute Gasteiger partial charge is 0.378 e. The highest BCUT2D eigenvalue weighted by Crippen LogP contribution is 2.32. The normalized spacial score (nSPS) is 12.2. The van der Waals surface area contributed by atoms with Crippen LogP contribution >= 0.6 is 0 Å². The minimum absolute atomic E-state index is 0.518. The summed E-state index contributed by atoms with van der Waals surface area (Å²) in [7, 11) is 0. The molecule has 4 aromatic rings. The first-order valence-corrected chi connectivity index (χ1v) is 12.1. The summed E-state index contributed by atoms with van der Waals surface area (Å²) in [5, 5.41) is 0. The van der Waals surface area contributed by atoms with Crippen molar-refractivity contribution in [3.05, 3.63) is 121 Å². The Morgan fingerprint density at radius 3 is 1.08 bits per heavy atom. The fourth-order valence-electron chi connectivity index (χ4n) is 3.69. The van der Waals surface area contributed by atoms with Crippen LogP contribution in [0.2, 0.25) is 0 Å².